The van der Waals surface area contributed by atoms with Crippen molar-refractivity contribution in [3.63, 3.8) is 0 Å². The van der Waals surface area contributed by atoms with Gasteiger partial charge in [0, 0.05) is 32.2 Å². The Morgan fingerprint density at radius 1 is 1.24 bits per heavy atom. The summed E-state index contributed by atoms with van der Waals surface area (Å²) in [4.78, 5) is 8.93. The molecule has 0 spiro atoms. The summed E-state index contributed by atoms with van der Waals surface area (Å²) < 4.78 is 3.75. The van der Waals surface area contributed by atoms with E-state index < -0.39 is 0 Å². The quantitative estimate of drug-likeness (QED) is 0.723. The van der Waals surface area contributed by atoms with Gasteiger partial charge < -0.3 is 15.0 Å². The van der Waals surface area contributed by atoms with Crippen molar-refractivity contribution in [2.75, 3.05) is 17.2 Å². The maximum atomic E-state index is 4.59. The minimum atomic E-state index is 0.619. The summed E-state index contributed by atoms with van der Waals surface area (Å²) in [5, 5.41) is 11.0. The zero-order valence-electron chi connectivity index (χ0n) is 12.2. The molecule has 0 fully saturated rings. The molecule has 110 valence electrons. The van der Waals surface area contributed by atoms with Gasteiger partial charge in [0.1, 0.15) is 5.82 Å². The van der Waals surface area contributed by atoms with Crippen LogP contribution in [0.5, 0.6) is 0 Å². The molecule has 0 aromatic carbocycles. The van der Waals surface area contributed by atoms with Crippen molar-refractivity contribution in [3.8, 4) is 0 Å². The van der Waals surface area contributed by atoms with Crippen molar-refractivity contribution in [2.24, 2.45) is 7.05 Å². The van der Waals surface area contributed by atoms with Crippen LogP contribution in [-0.2, 0) is 13.6 Å². The van der Waals surface area contributed by atoms with Crippen molar-refractivity contribution in [3.05, 3.63) is 36.5 Å². The van der Waals surface area contributed by atoms with Crippen LogP contribution < -0.4 is 10.6 Å². The lowest BCUT2D eigenvalue weighted by Crippen LogP contribution is -2.09. The van der Waals surface area contributed by atoms with Crippen LogP contribution in [0.2, 0.25) is 0 Å². The van der Waals surface area contributed by atoms with Gasteiger partial charge in [-0.1, -0.05) is 6.92 Å². The van der Waals surface area contributed by atoms with Crippen LogP contribution in [0, 0.1) is 0 Å². The summed E-state index contributed by atoms with van der Waals surface area (Å²) in [7, 11) is 1.91. The minimum absolute atomic E-state index is 0.619. The Morgan fingerprint density at radius 3 is 2.90 bits per heavy atom. The van der Waals surface area contributed by atoms with E-state index in [1.54, 1.807) is 10.9 Å². The summed E-state index contributed by atoms with van der Waals surface area (Å²) in [6.45, 7) is 3.64. The van der Waals surface area contributed by atoms with Crippen molar-refractivity contribution < 1.29 is 0 Å². The largest absolute Gasteiger partial charge is 0.369 e. The highest BCUT2D eigenvalue weighted by Gasteiger charge is 2.07. The Balaban J connectivity index is 1.83. The van der Waals surface area contributed by atoms with E-state index in [9.17, 15) is 0 Å². The number of nitrogens with zero attached hydrogens (tertiary/aromatic N) is 5. The van der Waals surface area contributed by atoms with Gasteiger partial charge in [-0.05, 0) is 12.5 Å². The Kier molecular flexibility index (Phi) is 3.72. The lowest BCUT2D eigenvalue weighted by molar-refractivity contribution is 0.747. The number of aryl methyl sites for hydroxylation is 1. The van der Waals surface area contributed by atoms with Crippen molar-refractivity contribution in [1.29, 1.82) is 0 Å². The molecule has 0 bridgehead atoms. The second kappa shape index (κ2) is 5.82. The zero-order valence-corrected chi connectivity index (χ0v) is 12.2. The third-order valence-corrected chi connectivity index (χ3v) is 3.14. The van der Waals surface area contributed by atoms with Crippen LogP contribution in [0.15, 0.2) is 30.9 Å². The summed E-state index contributed by atoms with van der Waals surface area (Å²) in [5.74, 6) is 1.60. The molecule has 0 unspecified atom stereocenters. The van der Waals surface area contributed by atoms with E-state index in [2.05, 4.69) is 32.6 Å². The standard InChI is InChI=1S/C14H19N7/c1-3-5-15-12-10-21-8-6-16-14(21)13(18-12)17-9-11-4-7-20(2)19-11/h4,6-8,10,15H,3,5,9H2,1-2H3,(H,17,18). The highest BCUT2D eigenvalue weighted by atomic mass is 15.3. The van der Waals surface area contributed by atoms with E-state index in [0.717, 1.165) is 35.9 Å². The van der Waals surface area contributed by atoms with Crippen LogP contribution in [0.4, 0.5) is 11.6 Å². The van der Waals surface area contributed by atoms with Gasteiger partial charge in [-0.15, -0.1) is 0 Å². The second-order valence-corrected chi connectivity index (χ2v) is 4.89. The first-order valence-corrected chi connectivity index (χ1v) is 7.06. The molecule has 0 aliphatic carbocycles. The lowest BCUT2D eigenvalue weighted by Gasteiger charge is -2.10. The number of anilines is 2. The lowest BCUT2D eigenvalue weighted by atomic mass is 10.4. The maximum Gasteiger partial charge on any atom is 0.180 e. The van der Waals surface area contributed by atoms with Gasteiger partial charge in [0.25, 0.3) is 0 Å². The molecule has 0 atom stereocenters. The minimum Gasteiger partial charge on any atom is -0.369 e. The number of aromatic nitrogens is 5. The Labute approximate surface area is 123 Å². The smallest absolute Gasteiger partial charge is 0.180 e. The fourth-order valence-corrected chi connectivity index (χ4v) is 2.12. The summed E-state index contributed by atoms with van der Waals surface area (Å²) in [5.41, 5.74) is 1.78. The molecule has 3 rings (SSSR count). The van der Waals surface area contributed by atoms with Crippen LogP contribution in [0.25, 0.3) is 5.65 Å². The predicted octanol–water partition coefficient (Wildman–Crippen LogP) is 1.90. The molecule has 3 aromatic heterocycles. The number of nitrogens with one attached hydrogen (secondary N) is 2. The highest BCUT2D eigenvalue weighted by molar-refractivity contribution is 5.65. The molecule has 0 saturated carbocycles. The molecule has 0 aliphatic heterocycles. The number of hydrogen-bond acceptors (Lipinski definition) is 5. The monoisotopic (exact) mass is 285 g/mol. The average Bonchev–Trinajstić information content (AvgIpc) is 3.11. The SMILES string of the molecule is CCCNc1cn2ccnc2c(NCc2ccn(C)n2)n1. The van der Waals surface area contributed by atoms with E-state index in [4.69, 9.17) is 0 Å². The second-order valence-electron chi connectivity index (χ2n) is 4.89. The Bertz CT molecular complexity index is 728. The molecule has 3 heterocycles. The van der Waals surface area contributed by atoms with E-state index in [0.29, 0.717) is 6.54 Å². The Hall–Kier alpha value is -2.57. The molecule has 0 saturated heterocycles. The van der Waals surface area contributed by atoms with Crippen LogP contribution >= 0.6 is 0 Å². The van der Waals surface area contributed by atoms with E-state index in [-0.39, 0.29) is 0 Å². The first kappa shape index (κ1) is 13.4. The molecule has 21 heavy (non-hydrogen) atoms. The van der Waals surface area contributed by atoms with Gasteiger partial charge >= 0.3 is 0 Å². The van der Waals surface area contributed by atoms with Crippen LogP contribution in [-0.4, -0.2) is 30.7 Å². The number of rotatable bonds is 6. The van der Waals surface area contributed by atoms with Gasteiger partial charge in [-0.2, -0.15) is 5.10 Å². The van der Waals surface area contributed by atoms with Crippen molar-refractivity contribution in [1.82, 2.24) is 24.1 Å². The first-order valence-electron chi connectivity index (χ1n) is 7.06. The highest BCUT2D eigenvalue weighted by Crippen LogP contribution is 2.17. The molecule has 0 aliphatic rings. The molecule has 0 radical (unpaired) electrons. The number of hydrogen-bond donors (Lipinski definition) is 2. The maximum absolute atomic E-state index is 4.59. The van der Waals surface area contributed by atoms with Crippen molar-refractivity contribution in [2.45, 2.75) is 19.9 Å². The number of imidazole rings is 1. The molecule has 7 heteroatoms. The molecule has 0 amide bonds. The predicted molar refractivity (Wildman–Crippen MR) is 82.3 cm³/mol. The van der Waals surface area contributed by atoms with Gasteiger partial charge in [-0.25, -0.2) is 9.97 Å². The molecular weight excluding hydrogens is 266 g/mol. The Morgan fingerprint density at radius 2 is 2.14 bits per heavy atom. The van der Waals surface area contributed by atoms with E-state index in [1.807, 2.05) is 36.1 Å². The van der Waals surface area contributed by atoms with Gasteiger partial charge in [0.2, 0.25) is 0 Å². The van der Waals surface area contributed by atoms with Gasteiger partial charge in [0.15, 0.2) is 11.5 Å². The third kappa shape index (κ3) is 2.96. The molecule has 3 aromatic rings. The topological polar surface area (TPSA) is 72.1 Å². The van der Waals surface area contributed by atoms with Crippen LogP contribution in [0.1, 0.15) is 19.0 Å². The van der Waals surface area contributed by atoms with E-state index in [1.165, 1.54) is 0 Å². The fourth-order valence-electron chi connectivity index (χ4n) is 2.12. The fraction of sp³-hybridized carbons (Fsp3) is 0.357. The third-order valence-electron chi connectivity index (χ3n) is 3.14. The van der Waals surface area contributed by atoms with Gasteiger partial charge in [0.05, 0.1) is 18.4 Å². The summed E-state index contributed by atoms with van der Waals surface area (Å²) in [6.07, 6.45) is 8.62. The molecule has 2 N–H and O–H groups in total. The van der Waals surface area contributed by atoms with Crippen molar-refractivity contribution >= 4 is 17.3 Å². The van der Waals surface area contributed by atoms with Gasteiger partial charge in [-0.3, -0.25) is 4.68 Å². The normalized spacial score (nSPS) is 11.0. The summed E-state index contributed by atoms with van der Waals surface area (Å²) >= 11 is 0. The molecule has 7 nitrogen and oxygen atoms in total. The molecular formula is C14H19N7. The average molecular weight is 285 g/mol. The van der Waals surface area contributed by atoms with Crippen LogP contribution in [0.3, 0.4) is 0 Å². The summed E-state index contributed by atoms with van der Waals surface area (Å²) in [6, 6.07) is 1.98. The van der Waals surface area contributed by atoms with E-state index >= 15 is 0 Å². The number of fused-ring (bicyclic) bond motifs is 1. The zero-order chi connectivity index (χ0) is 14.7. The first-order chi connectivity index (χ1) is 10.3.